The minimum absolute atomic E-state index is 0.0660. The first-order valence-electron chi connectivity index (χ1n) is 7.75. The van der Waals surface area contributed by atoms with E-state index in [-0.39, 0.29) is 25.6 Å². The maximum Gasteiger partial charge on any atom is 0.407 e. The van der Waals surface area contributed by atoms with Gasteiger partial charge in [-0.25, -0.2) is 4.79 Å². The minimum Gasteiger partial charge on any atom is -0.466 e. The molecule has 23 heavy (non-hydrogen) atoms. The van der Waals surface area contributed by atoms with Crippen LogP contribution in [0.3, 0.4) is 0 Å². The summed E-state index contributed by atoms with van der Waals surface area (Å²) in [6, 6.07) is 8.70. The summed E-state index contributed by atoms with van der Waals surface area (Å²) in [6.07, 6.45) is -1.83. The molecule has 0 spiro atoms. The lowest BCUT2D eigenvalue weighted by molar-refractivity contribution is -0.145. The fourth-order valence-corrected chi connectivity index (χ4v) is 2.13. The molecule has 0 aliphatic heterocycles. The largest absolute Gasteiger partial charge is 0.466 e. The van der Waals surface area contributed by atoms with E-state index in [0.717, 1.165) is 5.56 Å². The van der Waals surface area contributed by atoms with Crippen LogP contribution in [0, 0.1) is 5.92 Å². The van der Waals surface area contributed by atoms with Gasteiger partial charge in [-0.15, -0.1) is 0 Å². The normalized spacial score (nSPS) is 13.3. The summed E-state index contributed by atoms with van der Waals surface area (Å²) in [4.78, 5) is 23.3. The molecule has 0 radical (unpaired) electrons. The van der Waals surface area contributed by atoms with Crippen molar-refractivity contribution in [1.82, 2.24) is 5.32 Å². The third kappa shape index (κ3) is 7.15. The third-order valence-electron chi connectivity index (χ3n) is 3.31. The second-order valence-corrected chi connectivity index (χ2v) is 5.55. The van der Waals surface area contributed by atoms with Crippen LogP contribution in [-0.2, 0) is 20.9 Å². The Hall–Kier alpha value is -2.08. The van der Waals surface area contributed by atoms with Gasteiger partial charge in [0.1, 0.15) is 6.61 Å². The molecule has 2 N–H and O–H groups in total. The second-order valence-electron chi connectivity index (χ2n) is 5.55. The van der Waals surface area contributed by atoms with Crippen molar-refractivity contribution < 1.29 is 24.2 Å². The summed E-state index contributed by atoms with van der Waals surface area (Å²) >= 11 is 0. The number of carbonyl (C=O) groups is 2. The van der Waals surface area contributed by atoms with Crippen LogP contribution in [0.25, 0.3) is 0 Å². The van der Waals surface area contributed by atoms with Gasteiger partial charge < -0.3 is 19.9 Å². The van der Waals surface area contributed by atoms with E-state index in [0.29, 0.717) is 0 Å². The van der Waals surface area contributed by atoms with Gasteiger partial charge in [-0.05, 0) is 18.4 Å². The molecule has 6 heteroatoms. The smallest absolute Gasteiger partial charge is 0.407 e. The number of ether oxygens (including phenoxy) is 2. The zero-order valence-electron chi connectivity index (χ0n) is 13.8. The fourth-order valence-electron chi connectivity index (χ4n) is 2.13. The number of aliphatic hydroxyl groups excluding tert-OH is 1. The highest BCUT2D eigenvalue weighted by Gasteiger charge is 2.27. The summed E-state index contributed by atoms with van der Waals surface area (Å²) in [5.74, 6) is -0.561. The van der Waals surface area contributed by atoms with Gasteiger partial charge in [0.2, 0.25) is 0 Å². The summed E-state index contributed by atoms with van der Waals surface area (Å²) in [5.41, 5.74) is 0.871. The monoisotopic (exact) mass is 323 g/mol. The number of hydrogen-bond acceptors (Lipinski definition) is 5. The number of amides is 1. The summed E-state index contributed by atoms with van der Waals surface area (Å²) < 4.78 is 9.94. The van der Waals surface area contributed by atoms with Gasteiger partial charge in [-0.1, -0.05) is 44.2 Å². The van der Waals surface area contributed by atoms with Gasteiger partial charge in [-0.2, -0.15) is 0 Å². The molecule has 6 nitrogen and oxygen atoms in total. The Morgan fingerprint density at radius 1 is 1.17 bits per heavy atom. The van der Waals surface area contributed by atoms with E-state index in [4.69, 9.17) is 9.47 Å². The molecule has 1 rings (SSSR count). The highest BCUT2D eigenvalue weighted by Crippen LogP contribution is 2.11. The number of esters is 1. The standard InChI is InChI=1S/C17H25NO5/c1-4-22-15(20)10-14(19)16(12(2)3)18-17(21)23-11-13-8-6-5-7-9-13/h5-9,12,14,16,19H,4,10-11H2,1-3H3,(H,18,21)/t14-,16?/m0/s1. The Morgan fingerprint density at radius 3 is 2.39 bits per heavy atom. The van der Waals surface area contributed by atoms with Crippen molar-refractivity contribution in [2.24, 2.45) is 5.92 Å². The van der Waals surface area contributed by atoms with Gasteiger partial charge in [0.25, 0.3) is 0 Å². The molecular formula is C17H25NO5. The van der Waals surface area contributed by atoms with Gasteiger partial charge >= 0.3 is 12.1 Å². The molecule has 1 aromatic carbocycles. The minimum atomic E-state index is -1.03. The number of carbonyl (C=O) groups excluding carboxylic acids is 2. The predicted molar refractivity (Wildman–Crippen MR) is 85.6 cm³/mol. The average Bonchev–Trinajstić information content (AvgIpc) is 2.51. The van der Waals surface area contributed by atoms with Crippen LogP contribution in [0.1, 0.15) is 32.8 Å². The molecule has 1 amide bonds. The number of alkyl carbamates (subject to hydrolysis) is 1. The van der Waals surface area contributed by atoms with Crippen LogP contribution in [0.5, 0.6) is 0 Å². The SMILES string of the molecule is CCOC(=O)C[C@H](O)C(NC(=O)OCc1ccccc1)C(C)C. The van der Waals surface area contributed by atoms with Crippen LogP contribution in [0.2, 0.25) is 0 Å². The Labute approximate surface area is 136 Å². The Bertz CT molecular complexity index is 489. The van der Waals surface area contributed by atoms with Gasteiger partial charge in [-0.3, -0.25) is 4.79 Å². The Kier molecular flexibility index (Phi) is 8.11. The molecule has 0 aromatic heterocycles. The average molecular weight is 323 g/mol. The topological polar surface area (TPSA) is 84.9 Å². The van der Waals surface area contributed by atoms with E-state index in [2.05, 4.69) is 5.32 Å². The lowest BCUT2D eigenvalue weighted by Crippen LogP contribution is -2.47. The maximum atomic E-state index is 11.9. The van der Waals surface area contributed by atoms with Crippen LogP contribution in [0.15, 0.2) is 30.3 Å². The first-order chi connectivity index (χ1) is 10.9. The molecule has 2 atom stereocenters. The number of aliphatic hydroxyl groups is 1. The quantitative estimate of drug-likeness (QED) is 0.717. The molecule has 128 valence electrons. The van der Waals surface area contributed by atoms with Crippen LogP contribution >= 0.6 is 0 Å². The summed E-state index contributed by atoms with van der Waals surface area (Å²) in [5, 5.41) is 12.8. The molecular weight excluding hydrogens is 298 g/mol. The maximum absolute atomic E-state index is 11.9. The van der Waals surface area contributed by atoms with E-state index >= 15 is 0 Å². The van der Waals surface area contributed by atoms with E-state index in [1.807, 2.05) is 44.2 Å². The molecule has 0 heterocycles. The molecule has 0 fully saturated rings. The van der Waals surface area contributed by atoms with E-state index in [1.54, 1.807) is 6.92 Å². The number of benzene rings is 1. The second kappa shape index (κ2) is 9.84. The number of rotatable bonds is 8. The fraction of sp³-hybridized carbons (Fsp3) is 0.529. The zero-order valence-corrected chi connectivity index (χ0v) is 13.8. The van der Waals surface area contributed by atoms with E-state index in [9.17, 15) is 14.7 Å². The number of nitrogens with one attached hydrogen (secondary N) is 1. The van der Waals surface area contributed by atoms with Crippen molar-refractivity contribution in [2.75, 3.05) is 6.61 Å². The van der Waals surface area contributed by atoms with Crippen molar-refractivity contribution in [1.29, 1.82) is 0 Å². The molecule has 0 saturated carbocycles. The van der Waals surface area contributed by atoms with Crippen molar-refractivity contribution >= 4 is 12.1 Å². The highest BCUT2D eigenvalue weighted by molar-refractivity contribution is 5.71. The molecule has 0 saturated heterocycles. The van der Waals surface area contributed by atoms with E-state index in [1.165, 1.54) is 0 Å². The van der Waals surface area contributed by atoms with Gasteiger partial charge in [0, 0.05) is 0 Å². The summed E-state index contributed by atoms with van der Waals surface area (Å²) in [7, 11) is 0. The molecule has 0 bridgehead atoms. The lowest BCUT2D eigenvalue weighted by Gasteiger charge is -2.26. The molecule has 0 aliphatic rings. The first-order valence-corrected chi connectivity index (χ1v) is 7.75. The molecule has 0 aliphatic carbocycles. The molecule has 1 unspecified atom stereocenters. The van der Waals surface area contributed by atoms with Crippen LogP contribution in [-0.4, -0.2) is 35.9 Å². The molecule has 1 aromatic rings. The third-order valence-corrected chi connectivity index (χ3v) is 3.31. The first kappa shape index (κ1) is 19.0. The summed E-state index contributed by atoms with van der Waals surface area (Å²) in [6.45, 7) is 5.78. The van der Waals surface area contributed by atoms with Gasteiger partial charge in [0.05, 0.1) is 25.2 Å². The van der Waals surface area contributed by atoms with Crippen molar-refractivity contribution in [3.63, 3.8) is 0 Å². The predicted octanol–water partition coefficient (Wildman–Crippen LogP) is 2.25. The van der Waals surface area contributed by atoms with Crippen LogP contribution in [0.4, 0.5) is 4.79 Å². The lowest BCUT2D eigenvalue weighted by atomic mass is 9.96. The van der Waals surface area contributed by atoms with Crippen molar-refractivity contribution in [2.45, 2.75) is 45.9 Å². The van der Waals surface area contributed by atoms with Crippen molar-refractivity contribution in [3.05, 3.63) is 35.9 Å². The highest BCUT2D eigenvalue weighted by atomic mass is 16.5. The Balaban J connectivity index is 2.50. The Morgan fingerprint density at radius 2 is 1.83 bits per heavy atom. The zero-order chi connectivity index (χ0) is 17.2. The van der Waals surface area contributed by atoms with E-state index < -0.39 is 24.2 Å². The van der Waals surface area contributed by atoms with Crippen LogP contribution < -0.4 is 5.32 Å². The van der Waals surface area contributed by atoms with Gasteiger partial charge in [0.15, 0.2) is 0 Å². The van der Waals surface area contributed by atoms with Crippen molar-refractivity contribution in [3.8, 4) is 0 Å². The number of hydrogen-bond donors (Lipinski definition) is 2.